The van der Waals surface area contributed by atoms with Gasteiger partial charge in [0.25, 0.3) is 0 Å². The van der Waals surface area contributed by atoms with E-state index in [1.807, 2.05) is 0 Å². The Morgan fingerprint density at radius 3 is 2.70 bits per heavy atom. The summed E-state index contributed by atoms with van der Waals surface area (Å²) in [6, 6.07) is 2.02. The van der Waals surface area contributed by atoms with E-state index >= 15 is 0 Å². The molecule has 0 saturated carbocycles. The SMILES string of the molecule is CSCC(C)(O)CNS(=O)(=O)c1cc(N)c(Br)cc1F. The third-order valence-corrected chi connectivity index (χ3v) is 5.45. The molecule has 1 aromatic rings. The Kier molecular flexibility index (Phi) is 5.85. The van der Waals surface area contributed by atoms with E-state index in [4.69, 9.17) is 5.73 Å². The van der Waals surface area contributed by atoms with Gasteiger partial charge in [0.05, 0.1) is 5.60 Å². The van der Waals surface area contributed by atoms with Crippen molar-refractivity contribution in [3.05, 3.63) is 22.4 Å². The maximum atomic E-state index is 13.7. The van der Waals surface area contributed by atoms with E-state index in [1.54, 1.807) is 6.26 Å². The minimum Gasteiger partial charge on any atom is -0.398 e. The summed E-state index contributed by atoms with van der Waals surface area (Å²) in [6.45, 7) is 1.28. The summed E-state index contributed by atoms with van der Waals surface area (Å²) in [4.78, 5) is -0.543. The van der Waals surface area contributed by atoms with E-state index in [-0.39, 0.29) is 16.7 Å². The molecule has 1 unspecified atom stereocenters. The Balaban J connectivity index is 2.98. The lowest BCUT2D eigenvalue weighted by molar-refractivity contribution is 0.0908. The number of anilines is 1. The van der Waals surface area contributed by atoms with Crippen LogP contribution in [0, 0.1) is 5.82 Å². The zero-order chi connectivity index (χ0) is 15.6. The lowest BCUT2D eigenvalue weighted by Crippen LogP contribution is -2.42. The first kappa shape index (κ1) is 17.7. The van der Waals surface area contributed by atoms with E-state index in [0.29, 0.717) is 5.75 Å². The molecule has 0 saturated heterocycles. The summed E-state index contributed by atoms with van der Waals surface area (Å²) in [5, 5.41) is 9.92. The summed E-state index contributed by atoms with van der Waals surface area (Å²) in [5.41, 5.74) is 4.45. The molecule has 0 heterocycles. The topological polar surface area (TPSA) is 92.4 Å². The summed E-state index contributed by atoms with van der Waals surface area (Å²) in [5.74, 6) is -0.566. The molecule has 0 radical (unpaired) electrons. The third-order valence-electron chi connectivity index (χ3n) is 2.44. The molecule has 4 N–H and O–H groups in total. The minimum atomic E-state index is -4.08. The number of nitrogens with one attached hydrogen (secondary N) is 1. The second-order valence-electron chi connectivity index (χ2n) is 4.56. The van der Waals surface area contributed by atoms with Gasteiger partial charge in [-0.3, -0.25) is 0 Å². The highest BCUT2D eigenvalue weighted by Gasteiger charge is 2.26. The fourth-order valence-corrected chi connectivity index (χ4v) is 3.73. The van der Waals surface area contributed by atoms with Gasteiger partial charge in [-0.15, -0.1) is 0 Å². The number of nitrogen functional groups attached to an aromatic ring is 1. The predicted molar refractivity (Wildman–Crippen MR) is 82.7 cm³/mol. The Morgan fingerprint density at radius 1 is 1.55 bits per heavy atom. The summed E-state index contributed by atoms with van der Waals surface area (Å²) in [6.07, 6.45) is 1.79. The maximum absolute atomic E-state index is 13.7. The lowest BCUT2D eigenvalue weighted by atomic mass is 10.1. The molecule has 0 aliphatic rings. The van der Waals surface area contributed by atoms with Gasteiger partial charge in [-0.2, -0.15) is 11.8 Å². The molecule has 0 fully saturated rings. The van der Waals surface area contributed by atoms with Gasteiger partial charge in [0.15, 0.2) is 0 Å². The first-order valence-corrected chi connectivity index (χ1v) is 9.21. The number of aliphatic hydroxyl groups is 1. The largest absolute Gasteiger partial charge is 0.398 e. The second-order valence-corrected chi connectivity index (χ2v) is 8.01. The van der Waals surface area contributed by atoms with Crippen molar-refractivity contribution in [3.63, 3.8) is 0 Å². The van der Waals surface area contributed by atoms with E-state index in [1.165, 1.54) is 18.7 Å². The predicted octanol–water partition coefficient (Wildman–Crippen LogP) is 1.56. The first-order chi connectivity index (χ1) is 9.09. The average molecular weight is 387 g/mol. The van der Waals surface area contributed by atoms with Gasteiger partial charge >= 0.3 is 0 Å². The monoisotopic (exact) mass is 386 g/mol. The van der Waals surface area contributed by atoms with Crippen molar-refractivity contribution in [1.82, 2.24) is 4.72 Å². The fourth-order valence-electron chi connectivity index (χ4n) is 1.44. The summed E-state index contributed by atoms with van der Waals surface area (Å²) < 4.78 is 40.2. The molecule has 20 heavy (non-hydrogen) atoms. The normalized spacial score (nSPS) is 15.1. The quantitative estimate of drug-likeness (QED) is 0.645. The number of halogens is 2. The van der Waals surface area contributed by atoms with Crippen molar-refractivity contribution in [2.24, 2.45) is 0 Å². The highest BCUT2D eigenvalue weighted by molar-refractivity contribution is 9.10. The number of benzene rings is 1. The van der Waals surface area contributed by atoms with Crippen LogP contribution < -0.4 is 10.5 Å². The summed E-state index contributed by atoms with van der Waals surface area (Å²) in [7, 11) is -4.08. The molecule has 1 atom stereocenters. The first-order valence-electron chi connectivity index (χ1n) is 5.54. The van der Waals surface area contributed by atoms with Crippen LogP contribution in [0.3, 0.4) is 0 Å². The van der Waals surface area contributed by atoms with Crippen LogP contribution in [0.5, 0.6) is 0 Å². The third kappa shape index (κ3) is 4.59. The van der Waals surface area contributed by atoms with Crippen molar-refractivity contribution in [1.29, 1.82) is 0 Å². The van der Waals surface area contributed by atoms with Crippen molar-refractivity contribution < 1.29 is 17.9 Å². The van der Waals surface area contributed by atoms with E-state index in [2.05, 4.69) is 20.7 Å². The Morgan fingerprint density at radius 2 is 2.15 bits per heavy atom. The zero-order valence-electron chi connectivity index (χ0n) is 11.0. The van der Waals surface area contributed by atoms with Crippen molar-refractivity contribution in [2.75, 3.05) is 24.3 Å². The van der Waals surface area contributed by atoms with Gasteiger partial charge in [-0.25, -0.2) is 17.5 Å². The molecule has 0 aliphatic heterocycles. The second kappa shape index (κ2) is 6.61. The number of thioether (sulfide) groups is 1. The number of sulfonamides is 1. The smallest absolute Gasteiger partial charge is 0.243 e. The van der Waals surface area contributed by atoms with Gasteiger partial charge in [0.2, 0.25) is 10.0 Å². The van der Waals surface area contributed by atoms with Crippen LogP contribution in [0.4, 0.5) is 10.1 Å². The van der Waals surface area contributed by atoms with Gasteiger partial charge in [-0.05, 0) is 41.2 Å². The molecule has 0 amide bonds. The number of rotatable bonds is 6. The van der Waals surface area contributed by atoms with Crippen molar-refractivity contribution >= 4 is 43.4 Å². The van der Waals surface area contributed by atoms with Crippen LogP contribution >= 0.6 is 27.7 Å². The number of hydrogen-bond donors (Lipinski definition) is 3. The molecule has 0 spiro atoms. The van der Waals surface area contributed by atoms with Crippen LogP contribution in [0.1, 0.15) is 6.92 Å². The number of nitrogens with two attached hydrogens (primary N) is 1. The fraction of sp³-hybridized carbons (Fsp3) is 0.455. The highest BCUT2D eigenvalue weighted by atomic mass is 79.9. The maximum Gasteiger partial charge on any atom is 0.243 e. The van der Waals surface area contributed by atoms with E-state index in [9.17, 15) is 17.9 Å². The summed E-state index contributed by atoms with van der Waals surface area (Å²) >= 11 is 4.39. The molecule has 9 heteroatoms. The molecule has 1 aromatic carbocycles. The van der Waals surface area contributed by atoms with E-state index in [0.717, 1.165) is 12.1 Å². The molecule has 114 valence electrons. The standard InChI is InChI=1S/C11H16BrFN2O3S2/c1-11(16,6-19-2)5-15-20(17,18)10-4-9(14)7(12)3-8(10)13/h3-4,15-16H,5-6,14H2,1-2H3. The Bertz CT molecular complexity index is 594. The Labute approximate surface area is 130 Å². The molecule has 0 aromatic heterocycles. The minimum absolute atomic E-state index is 0.114. The van der Waals surface area contributed by atoms with Gasteiger partial charge in [-0.1, -0.05) is 0 Å². The molecule has 0 aliphatic carbocycles. The van der Waals surface area contributed by atoms with Gasteiger partial charge < -0.3 is 10.8 Å². The number of hydrogen-bond acceptors (Lipinski definition) is 5. The highest BCUT2D eigenvalue weighted by Crippen LogP contribution is 2.26. The van der Waals surface area contributed by atoms with Gasteiger partial charge in [0.1, 0.15) is 10.7 Å². The Hall–Kier alpha value is -0.350. The zero-order valence-corrected chi connectivity index (χ0v) is 14.2. The molecule has 0 bridgehead atoms. The molecule has 5 nitrogen and oxygen atoms in total. The van der Waals surface area contributed by atoms with E-state index < -0.39 is 26.3 Å². The van der Waals surface area contributed by atoms with Crippen LogP contribution in [0.25, 0.3) is 0 Å². The lowest BCUT2D eigenvalue weighted by Gasteiger charge is -2.22. The molecular weight excluding hydrogens is 371 g/mol. The van der Waals surface area contributed by atoms with Crippen molar-refractivity contribution in [2.45, 2.75) is 17.4 Å². The average Bonchev–Trinajstić information content (AvgIpc) is 2.31. The van der Waals surface area contributed by atoms with Crippen LogP contribution in [0.15, 0.2) is 21.5 Å². The van der Waals surface area contributed by atoms with Crippen LogP contribution in [0.2, 0.25) is 0 Å². The van der Waals surface area contributed by atoms with Crippen LogP contribution in [-0.2, 0) is 10.0 Å². The van der Waals surface area contributed by atoms with Crippen molar-refractivity contribution in [3.8, 4) is 0 Å². The van der Waals surface area contributed by atoms with Crippen LogP contribution in [-0.4, -0.2) is 37.7 Å². The van der Waals surface area contributed by atoms with Gasteiger partial charge in [0, 0.05) is 22.5 Å². The molecular formula is C11H16BrFN2O3S2. The molecule has 1 rings (SSSR count).